The van der Waals surface area contributed by atoms with Gasteiger partial charge in [0, 0.05) is 6.04 Å². The molecule has 2 aromatic heterocycles. The molecule has 0 bridgehead atoms. The predicted molar refractivity (Wildman–Crippen MR) is 124 cm³/mol. The van der Waals surface area contributed by atoms with Gasteiger partial charge >= 0.3 is 0 Å². The maximum atomic E-state index is 10.9. The second-order valence-corrected chi connectivity index (χ2v) is 10.5. The number of aromatic nitrogens is 3. The van der Waals surface area contributed by atoms with Crippen LogP contribution in [0.2, 0.25) is 0 Å². The first-order valence-corrected chi connectivity index (χ1v) is 12.0. The molecule has 7 heteroatoms. The van der Waals surface area contributed by atoms with Crippen molar-refractivity contribution in [2.75, 3.05) is 5.32 Å². The minimum absolute atomic E-state index is 0.0568. The van der Waals surface area contributed by atoms with Crippen LogP contribution >= 0.6 is 11.3 Å². The van der Waals surface area contributed by atoms with Gasteiger partial charge in [0.1, 0.15) is 5.01 Å². The Labute approximate surface area is 186 Å². The lowest BCUT2D eigenvalue weighted by Crippen LogP contribution is -2.40. The highest BCUT2D eigenvalue weighted by molar-refractivity contribution is 7.21. The van der Waals surface area contributed by atoms with Crippen molar-refractivity contribution in [1.29, 1.82) is 0 Å². The van der Waals surface area contributed by atoms with E-state index in [1.807, 2.05) is 25.1 Å². The summed E-state index contributed by atoms with van der Waals surface area (Å²) in [5.74, 6) is 1.29. The monoisotopic (exact) mass is 438 g/mol. The van der Waals surface area contributed by atoms with E-state index in [1.54, 1.807) is 18.3 Å². The number of fused-ring (bicyclic) bond motifs is 1. The molecule has 6 nitrogen and oxygen atoms in total. The van der Waals surface area contributed by atoms with Crippen LogP contribution in [0.15, 0.2) is 24.3 Å². The van der Waals surface area contributed by atoms with Crippen LogP contribution in [0, 0.1) is 18.8 Å². The van der Waals surface area contributed by atoms with E-state index in [0.717, 1.165) is 38.6 Å². The maximum absolute atomic E-state index is 10.9. The lowest BCUT2D eigenvalue weighted by atomic mass is 9.86. The van der Waals surface area contributed by atoms with Crippen LogP contribution in [-0.2, 0) is 6.42 Å². The van der Waals surface area contributed by atoms with E-state index in [2.05, 4.69) is 18.3 Å². The topological polar surface area (TPSA) is 91.2 Å². The quantitative estimate of drug-likeness (QED) is 0.530. The number of thiazole rings is 1. The summed E-state index contributed by atoms with van der Waals surface area (Å²) in [7, 11) is 0. The van der Waals surface area contributed by atoms with Crippen molar-refractivity contribution in [3.8, 4) is 10.6 Å². The van der Waals surface area contributed by atoms with Gasteiger partial charge in [0.2, 0.25) is 5.95 Å². The molecule has 2 saturated carbocycles. The molecule has 2 heterocycles. The van der Waals surface area contributed by atoms with Gasteiger partial charge in [-0.3, -0.25) is 0 Å². The van der Waals surface area contributed by atoms with Gasteiger partial charge in [0.25, 0.3) is 0 Å². The number of nitrogens with one attached hydrogen (secondary N) is 1. The summed E-state index contributed by atoms with van der Waals surface area (Å²) in [6.07, 6.45) is 3.79. The molecule has 31 heavy (non-hydrogen) atoms. The lowest BCUT2D eigenvalue weighted by molar-refractivity contribution is -0.0662. The van der Waals surface area contributed by atoms with Gasteiger partial charge in [0.05, 0.1) is 38.9 Å². The van der Waals surface area contributed by atoms with Crippen LogP contribution in [0.25, 0.3) is 20.8 Å². The second-order valence-electron chi connectivity index (χ2n) is 9.43. The number of aryl methyl sites for hydroxylation is 1. The van der Waals surface area contributed by atoms with Crippen LogP contribution in [0.3, 0.4) is 0 Å². The largest absolute Gasteiger partial charge is 0.390 e. The van der Waals surface area contributed by atoms with Gasteiger partial charge in [-0.2, -0.15) is 0 Å². The van der Waals surface area contributed by atoms with Crippen LogP contribution in [-0.4, -0.2) is 42.9 Å². The predicted octanol–water partition coefficient (Wildman–Crippen LogP) is 4.34. The van der Waals surface area contributed by atoms with Gasteiger partial charge in [0.15, 0.2) is 0 Å². The fourth-order valence-electron chi connectivity index (χ4n) is 4.78. The van der Waals surface area contributed by atoms with Gasteiger partial charge < -0.3 is 15.5 Å². The normalized spacial score (nSPS) is 27.0. The van der Waals surface area contributed by atoms with E-state index in [1.165, 1.54) is 12.8 Å². The standard InChI is InChI=1S/C24H30N4O2S/c1-13(15-8-9-15)25-23-26-14(2)21(22-27-17-6-4-5-7-19(17)31-22)18(28-23)12-16-10-11-20(29)24(16,3)30/h4-7,13,15-16,20,29-30H,8-12H2,1-3H3,(H,25,26,28). The highest BCUT2D eigenvalue weighted by atomic mass is 32.1. The Morgan fingerprint density at radius 1 is 1.16 bits per heavy atom. The van der Waals surface area contributed by atoms with Gasteiger partial charge in [-0.25, -0.2) is 15.0 Å². The molecule has 0 amide bonds. The molecule has 2 fully saturated rings. The lowest BCUT2D eigenvalue weighted by Gasteiger charge is -2.29. The highest BCUT2D eigenvalue weighted by Crippen LogP contribution is 2.41. The van der Waals surface area contributed by atoms with Crippen LogP contribution < -0.4 is 5.32 Å². The van der Waals surface area contributed by atoms with Crippen molar-refractivity contribution in [1.82, 2.24) is 15.0 Å². The number of hydrogen-bond donors (Lipinski definition) is 3. The molecular formula is C24H30N4O2S. The minimum Gasteiger partial charge on any atom is -0.390 e. The second kappa shape index (κ2) is 7.80. The SMILES string of the molecule is Cc1nc(NC(C)C2CC2)nc(CC2CCC(O)C2(C)O)c1-c1nc2ccccc2s1. The molecule has 164 valence electrons. The van der Waals surface area contributed by atoms with Crippen LogP contribution in [0.5, 0.6) is 0 Å². The van der Waals surface area contributed by atoms with Crippen molar-refractivity contribution < 1.29 is 10.2 Å². The fraction of sp³-hybridized carbons (Fsp3) is 0.542. The molecule has 0 spiro atoms. The molecule has 3 N–H and O–H groups in total. The third kappa shape index (κ3) is 3.95. The zero-order chi connectivity index (χ0) is 21.8. The van der Waals surface area contributed by atoms with Crippen molar-refractivity contribution in [3.63, 3.8) is 0 Å². The van der Waals surface area contributed by atoms with Gasteiger partial charge in [-0.15, -0.1) is 11.3 Å². The van der Waals surface area contributed by atoms with Gasteiger partial charge in [-0.05, 0) is 76.8 Å². The molecule has 2 aliphatic rings. The number of rotatable bonds is 6. The number of aliphatic hydroxyl groups is 2. The molecular weight excluding hydrogens is 408 g/mol. The first kappa shape index (κ1) is 20.8. The van der Waals surface area contributed by atoms with Crippen LogP contribution in [0.4, 0.5) is 5.95 Å². The zero-order valence-electron chi connectivity index (χ0n) is 18.3. The summed E-state index contributed by atoms with van der Waals surface area (Å²) in [5.41, 5.74) is 2.62. The third-order valence-electron chi connectivity index (χ3n) is 7.09. The van der Waals surface area contributed by atoms with Crippen molar-refractivity contribution in [2.24, 2.45) is 11.8 Å². The Hall–Kier alpha value is -2.09. The molecule has 4 unspecified atom stereocenters. The number of aliphatic hydroxyl groups excluding tert-OH is 1. The summed E-state index contributed by atoms with van der Waals surface area (Å²) < 4.78 is 1.13. The number of para-hydroxylation sites is 1. The van der Waals surface area contributed by atoms with Crippen molar-refractivity contribution >= 4 is 27.5 Å². The zero-order valence-corrected chi connectivity index (χ0v) is 19.1. The average Bonchev–Trinajstić information content (AvgIpc) is 3.44. The minimum atomic E-state index is -1.11. The molecule has 4 atom stereocenters. The molecule has 0 radical (unpaired) electrons. The fourth-order valence-corrected chi connectivity index (χ4v) is 5.86. The molecule has 5 rings (SSSR count). The van der Waals surface area contributed by atoms with E-state index in [4.69, 9.17) is 15.0 Å². The number of anilines is 1. The van der Waals surface area contributed by atoms with Crippen molar-refractivity contribution in [3.05, 3.63) is 35.7 Å². The summed E-state index contributed by atoms with van der Waals surface area (Å²) in [4.78, 5) is 14.6. The average molecular weight is 439 g/mol. The summed E-state index contributed by atoms with van der Waals surface area (Å²) >= 11 is 1.65. The maximum Gasteiger partial charge on any atom is 0.223 e. The summed E-state index contributed by atoms with van der Waals surface area (Å²) in [5, 5.41) is 25.6. The Kier molecular flexibility index (Phi) is 5.23. The Balaban J connectivity index is 1.56. The Bertz CT molecular complexity index is 1080. The van der Waals surface area contributed by atoms with E-state index in [0.29, 0.717) is 30.7 Å². The van der Waals surface area contributed by atoms with E-state index in [-0.39, 0.29) is 5.92 Å². The van der Waals surface area contributed by atoms with Crippen LogP contribution in [0.1, 0.15) is 50.9 Å². The first-order valence-electron chi connectivity index (χ1n) is 11.2. The smallest absolute Gasteiger partial charge is 0.223 e. The van der Waals surface area contributed by atoms with E-state index in [9.17, 15) is 10.2 Å². The number of benzene rings is 1. The molecule has 1 aromatic carbocycles. The number of nitrogens with zero attached hydrogens (tertiary/aromatic N) is 3. The van der Waals surface area contributed by atoms with E-state index >= 15 is 0 Å². The first-order chi connectivity index (χ1) is 14.8. The Morgan fingerprint density at radius 2 is 1.94 bits per heavy atom. The van der Waals surface area contributed by atoms with Gasteiger partial charge in [-0.1, -0.05) is 12.1 Å². The highest BCUT2D eigenvalue weighted by Gasteiger charge is 2.45. The Morgan fingerprint density at radius 3 is 2.61 bits per heavy atom. The molecule has 0 saturated heterocycles. The number of hydrogen-bond acceptors (Lipinski definition) is 7. The summed E-state index contributed by atoms with van der Waals surface area (Å²) in [6.45, 7) is 5.95. The molecule has 0 aliphatic heterocycles. The summed E-state index contributed by atoms with van der Waals surface area (Å²) in [6, 6.07) is 8.48. The molecule has 3 aromatic rings. The third-order valence-corrected chi connectivity index (χ3v) is 8.14. The van der Waals surface area contributed by atoms with Crippen molar-refractivity contribution in [2.45, 2.75) is 70.6 Å². The molecule has 2 aliphatic carbocycles. The van der Waals surface area contributed by atoms with E-state index < -0.39 is 11.7 Å².